The molecule has 0 bridgehead atoms. The fourth-order valence-electron chi connectivity index (χ4n) is 2.82. The molecule has 1 heterocycles. The second-order valence-electron chi connectivity index (χ2n) is 6.77. The Morgan fingerprint density at radius 1 is 1.20 bits per heavy atom. The molecular formula is C21H19Br2N3O4. The molecule has 0 aliphatic rings. The minimum absolute atomic E-state index is 0.0211. The fraction of sp³-hybridized carbons (Fsp3) is 0.238. The SMILES string of the molecule is COc1cc(C=Nn2c(C(C)C)nc3ccc(Br)cc3c2=O)c(Br)cc1OC(C)=O. The summed E-state index contributed by atoms with van der Waals surface area (Å²) in [4.78, 5) is 29.0. The number of rotatable bonds is 5. The van der Waals surface area contributed by atoms with Crippen molar-refractivity contribution in [2.75, 3.05) is 7.11 Å². The van der Waals surface area contributed by atoms with Crippen LogP contribution in [-0.4, -0.2) is 29.0 Å². The maximum absolute atomic E-state index is 13.1. The van der Waals surface area contributed by atoms with E-state index in [0.29, 0.717) is 32.5 Å². The zero-order chi connectivity index (χ0) is 22.0. The lowest BCUT2D eigenvalue weighted by atomic mass is 10.2. The van der Waals surface area contributed by atoms with Crippen molar-refractivity contribution >= 4 is 54.9 Å². The van der Waals surface area contributed by atoms with Gasteiger partial charge in [-0.25, -0.2) is 4.98 Å². The van der Waals surface area contributed by atoms with Crippen LogP contribution in [0, 0.1) is 0 Å². The third-order valence-corrected chi connectivity index (χ3v) is 5.38. The number of carbonyl (C=O) groups excluding carboxylic acids is 1. The van der Waals surface area contributed by atoms with Gasteiger partial charge in [0.2, 0.25) is 0 Å². The van der Waals surface area contributed by atoms with E-state index in [4.69, 9.17) is 9.47 Å². The van der Waals surface area contributed by atoms with Crippen LogP contribution in [0.5, 0.6) is 11.5 Å². The van der Waals surface area contributed by atoms with E-state index < -0.39 is 5.97 Å². The Balaban J connectivity index is 2.14. The first kappa shape index (κ1) is 22.2. The molecule has 3 rings (SSSR count). The highest BCUT2D eigenvalue weighted by molar-refractivity contribution is 9.10. The van der Waals surface area contributed by atoms with Gasteiger partial charge < -0.3 is 9.47 Å². The molecule has 0 spiro atoms. The molecule has 156 valence electrons. The van der Waals surface area contributed by atoms with Crippen molar-refractivity contribution in [3.8, 4) is 11.5 Å². The third-order valence-electron chi connectivity index (χ3n) is 4.20. The van der Waals surface area contributed by atoms with Crippen LogP contribution < -0.4 is 15.0 Å². The quantitative estimate of drug-likeness (QED) is 0.264. The Hall–Kier alpha value is -2.52. The van der Waals surface area contributed by atoms with Crippen molar-refractivity contribution in [2.24, 2.45) is 5.10 Å². The third kappa shape index (κ3) is 4.62. The summed E-state index contributed by atoms with van der Waals surface area (Å²) in [5.74, 6) is 0.721. The average molecular weight is 537 g/mol. The van der Waals surface area contributed by atoms with E-state index in [9.17, 15) is 9.59 Å². The van der Waals surface area contributed by atoms with Gasteiger partial charge in [0.1, 0.15) is 5.82 Å². The number of hydrogen-bond donors (Lipinski definition) is 0. The highest BCUT2D eigenvalue weighted by atomic mass is 79.9. The Labute approximate surface area is 190 Å². The molecular weight excluding hydrogens is 518 g/mol. The van der Waals surface area contributed by atoms with E-state index in [1.54, 1.807) is 24.3 Å². The summed E-state index contributed by atoms with van der Waals surface area (Å²) in [6.45, 7) is 5.21. The van der Waals surface area contributed by atoms with Crippen LogP contribution in [0.1, 0.15) is 38.1 Å². The van der Waals surface area contributed by atoms with Crippen molar-refractivity contribution in [1.82, 2.24) is 9.66 Å². The molecule has 1 aromatic heterocycles. The van der Waals surface area contributed by atoms with Gasteiger partial charge in [-0.15, -0.1) is 0 Å². The van der Waals surface area contributed by atoms with Gasteiger partial charge in [-0.2, -0.15) is 9.78 Å². The van der Waals surface area contributed by atoms with Crippen molar-refractivity contribution < 1.29 is 14.3 Å². The lowest BCUT2D eigenvalue weighted by Gasteiger charge is -2.13. The van der Waals surface area contributed by atoms with E-state index in [-0.39, 0.29) is 17.2 Å². The summed E-state index contributed by atoms with van der Waals surface area (Å²) < 4.78 is 13.2. The monoisotopic (exact) mass is 535 g/mol. The zero-order valence-electron chi connectivity index (χ0n) is 16.8. The second-order valence-corrected chi connectivity index (χ2v) is 8.54. The minimum Gasteiger partial charge on any atom is -0.493 e. The van der Waals surface area contributed by atoms with Gasteiger partial charge in [0.05, 0.1) is 24.2 Å². The first-order chi connectivity index (χ1) is 14.2. The number of esters is 1. The van der Waals surface area contributed by atoms with Gasteiger partial charge in [0.15, 0.2) is 11.5 Å². The van der Waals surface area contributed by atoms with Gasteiger partial charge in [-0.1, -0.05) is 29.8 Å². The standard InChI is InChI=1S/C21H19Br2N3O4/c1-11(2)20-25-17-6-5-14(22)8-15(17)21(28)26(20)24-10-13-7-18(29-4)19(9-16(13)23)30-12(3)27/h5-11H,1-4H3. The largest absolute Gasteiger partial charge is 0.493 e. The number of fused-ring (bicyclic) bond motifs is 1. The Morgan fingerprint density at radius 2 is 1.93 bits per heavy atom. The smallest absolute Gasteiger partial charge is 0.308 e. The lowest BCUT2D eigenvalue weighted by Crippen LogP contribution is -2.23. The van der Waals surface area contributed by atoms with Gasteiger partial charge in [-0.05, 0) is 46.3 Å². The van der Waals surface area contributed by atoms with Crippen molar-refractivity contribution in [2.45, 2.75) is 26.7 Å². The van der Waals surface area contributed by atoms with Gasteiger partial charge >= 0.3 is 5.97 Å². The van der Waals surface area contributed by atoms with Crippen LogP contribution in [0.4, 0.5) is 0 Å². The summed E-state index contributed by atoms with van der Waals surface area (Å²) in [6, 6.07) is 8.66. The minimum atomic E-state index is -0.455. The summed E-state index contributed by atoms with van der Waals surface area (Å²) in [5, 5.41) is 4.88. The number of carbonyl (C=O) groups is 1. The molecule has 30 heavy (non-hydrogen) atoms. The summed E-state index contributed by atoms with van der Waals surface area (Å²) in [7, 11) is 1.48. The average Bonchev–Trinajstić information content (AvgIpc) is 2.68. The van der Waals surface area contributed by atoms with E-state index in [0.717, 1.165) is 4.47 Å². The van der Waals surface area contributed by atoms with Gasteiger partial charge in [0.25, 0.3) is 5.56 Å². The van der Waals surface area contributed by atoms with Crippen molar-refractivity contribution in [1.29, 1.82) is 0 Å². The molecule has 0 aliphatic heterocycles. The molecule has 0 radical (unpaired) electrons. The molecule has 2 aromatic carbocycles. The van der Waals surface area contributed by atoms with Crippen molar-refractivity contribution in [3.05, 3.63) is 61.0 Å². The Morgan fingerprint density at radius 3 is 2.57 bits per heavy atom. The van der Waals surface area contributed by atoms with E-state index in [2.05, 4.69) is 41.9 Å². The maximum Gasteiger partial charge on any atom is 0.308 e. The molecule has 0 atom stereocenters. The van der Waals surface area contributed by atoms with Crippen molar-refractivity contribution in [3.63, 3.8) is 0 Å². The number of hydrogen-bond acceptors (Lipinski definition) is 6. The molecule has 0 fully saturated rings. The van der Waals surface area contributed by atoms with E-state index >= 15 is 0 Å². The van der Waals surface area contributed by atoms with Crippen LogP contribution >= 0.6 is 31.9 Å². The Bertz CT molecular complexity index is 1220. The normalized spacial score (nSPS) is 11.4. The molecule has 0 unspecified atom stereocenters. The predicted octanol–water partition coefficient (Wildman–Crippen LogP) is 4.86. The molecule has 0 saturated heterocycles. The van der Waals surface area contributed by atoms with Gasteiger partial charge in [-0.3, -0.25) is 9.59 Å². The van der Waals surface area contributed by atoms with Crippen LogP contribution in [0.15, 0.2) is 49.2 Å². The Kier molecular flexibility index (Phi) is 6.72. The predicted molar refractivity (Wildman–Crippen MR) is 123 cm³/mol. The van der Waals surface area contributed by atoms with E-state index in [1.807, 2.05) is 19.9 Å². The van der Waals surface area contributed by atoms with E-state index in [1.165, 1.54) is 24.9 Å². The zero-order valence-corrected chi connectivity index (χ0v) is 19.9. The molecule has 0 amide bonds. The highest BCUT2D eigenvalue weighted by Gasteiger charge is 2.15. The first-order valence-electron chi connectivity index (χ1n) is 9.03. The number of nitrogens with zero attached hydrogens (tertiary/aromatic N) is 3. The molecule has 3 aromatic rings. The maximum atomic E-state index is 13.1. The highest BCUT2D eigenvalue weighted by Crippen LogP contribution is 2.33. The topological polar surface area (TPSA) is 82.8 Å². The van der Waals surface area contributed by atoms with Crippen LogP contribution in [0.2, 0.25) is 0 Å². The second kappa shape index (κ2) is 9.09. The van der Waals surface area contributed by atoms with Crippen LogP contribution in [-0.2, 0) is 4.79 Å². The summed E-state index contributed by atoms with van der Waals surface area (Å²) >= 11 is 6.84. The molecule has 7 nitrogen and oxygen atoms in total. The summed E-state index contributed by atoms with van der Waals surface area (Å²) in [6.07, 6.45) is 1.53. The van der Waals surface area contributed by atoms with Crippen LogP contribution in [0.3, 0.4) is 0 Å². The van der Waals surface area contributed by atoms with Gasteiger partial charge in [0, 0.05) is 27.4 Å². The fourth-order valence-corrected chi connectivity index (χ4v) is 3.60. The molecule has 0 aliphatic carbocycles. The first-order valence-corrected chi connectivity index (χ1v) is 10.6. The molecule has 9 heteroatoms. The molecule has 0 saturated carbocycles. The number of methoxy groups -OCH3 is 1. The van der Waals surface area contributed by atoms with Crippen LogP contribution in [0.25, 0.3) is 10.9 Å². The number of halogens is 2. The number of benzene rings is 2. The summed E-state index contributed by atoms with van der Waals surface area (Å²) in [5.41, 5.74) is 0.992. The lowest BCUT2D eigenvalue weighted by molar-refractivity contribution is -0.132. The number of ether oxygens (including phenoxy) is 2. The number of aromatic nitrogens is 2. The molecule has 0 N–H and O–H groups in total.